The highest BCUT2D eigenvalue weighted by atomic mass is 28.3. The number of carbonyl (C=O) groups excluding carboxylic acids is 5. The number of hydrogen-bond donors (Lipinski definition) is 1. The van der Waals surface area contributed by atoms with Crippen LogP contribution < -0.4 is 5.32 Å². The molecule has 358 valence electrons. The van der Waals surface area contributed by atoms with Gasteiger partial charge in [-0.25, -0.2) is 14.3 Å². The van der Waals surface area contributed by atoms with Gasteiger partial charge in [-0.3, -0.25) is 33.7 Å². The molecular formula is C51H62N8O8Si. The van der Waals surface area contributed by atoms with E-state index in [9.17, 15) is 24.0 Å². The lowest BCUT2D eigenvalue weighted by molar-refractivity contribution is -0.158. The Balaban J connectivity index is 0.869. The summed E-state index contributed by atoms with van der Waals surface area (Å²) in [6.07, 6.45) is 4.22. The zero-order valence-corrected chi connectivity index (χ0v) is 41.4. The van der Waals surface area contributed by atoms with Crippen molar-refractivity contribution < 1.29 is 38.2 Å². The molecule has 1 unspecified atom stereocenters. The first-order valence-corrected chi connectivity index (χ1v) is 27.2. The molecule has 4 amide bonds. The van der Waals surface area contributed by atoms with E-state index in [0.29, 0.717) is 54.2 Å². The molecule has 0 saturated carbocycles. The summed E-state index contributed by atoms with van der Waals surface area (Å²) in [7, 11) is 0.717. The van der Waals surface area contributed by atoms with Crippen LogP contribution >= 0.6 is 0 Å². The summed E-state index contributed by atoms with van der Waals surface area (Å²) in [5.41, 5.74) is 4.79. The molecule has 3 aliphatic heterocycles. The van der Waals surface area contributed by atoms with Crippen LogP contribution in [0, 0.1) is 18.8 Å². The van der Waals surface area contributed by atoms with Gasteiger partial charge in [-0.15, -0.1) is 0 Å². The predicted molar refractivity (Wildman–Crippen MR) is 261 cm³/mol. The number of amides is 4. The Morgan fingerprint density at radius 1 is 0.971 bits per heavy atom. The number of nitrogens with zero attached hydrogens (tertiary/aromatic N) is 7. The molecule has 3 aliphatic rings. The zero-order valence-electron chi connectivity index (χ0n) is 40.4. The molecule has 6 heterocycles. The predicted octanol–water partition coefficient (Wildman–Crippen LogP) is 7.74. The highest BCUT2D eigenvalue weighted by Crippen LogP contribution is 2.36. The minimum absolute atomic E-state index is 0.0526. The number of hydrogen-bond acceptors (Lipinski definition) is 11. The second kappa shape index (κ2) is 19.8. The summed E-state index contributed by atoms with van der Waals surface area (Å²) in [4.78, 5) is 76.7. The number of fused-ring (bicyclic) bond motifs is 3. The van der Waals surface area contributed by atoms with Gasteiger partial charge in [-0.1, -0.05) is 43.6 Å². The number of benzene rings is 2. The van der Waals surface area contributed by atoms with E-state index in [1.165, 1.54) is 0 Å². The van der Waals surface area contributed by atoms with Crippen LogP contribution in [0.5, 0.6) is 0 Å². The molecule has 2 aromatic carbocycles. The lowest BCUT2D eigenvalue weighted by Crippen LogP contribution is -2.55. The van der Waals surface area contributed by atoms with Crippen LogP contribution in [0.25, 0.3) is 21.8 Å². The van der Waals surface area contributed by atoms with Crippen LogP contribution in [-0.2, 0) is 36.9 Å². The molecule has 0 bridgehead atoms. The van der Waals surface area contributed by atoms with Crippen LogP contribution in [0.4, 0.5) is 10.6 Å². The van der Waals surface area contributed by atoms with Gasteiger partial charge >= 0.3 is 6.09 Å². The van der Waals surface area contributed by atoms with Gasteiger partial charge in [0.05, 0.1) is 22.8 Å². The number of aromatic nitrogens is 4. The average Bonchev–Trinajstić information content (AvgIpc) is 4.04. The van der Waals surface area contributed by atoms with Gasteiger partial charge in [0.1, 0.15) is 30.8 Å². The van der Waals surface area contributed by atoms with E-state index in [1.807, 2.05) is 56.6 Å². The lowest BCUT2D eigenvalue weighted by Gasteiger charge is -2.35. The third-order valence-electron chi connectivity index (χ3n) is 12.7. The van der Waals surface area contributed by atoms with Crippen LogP contribution in [-0.4, -0.2) is 124 Å². The Hall–Kier alpha value is -6.19. The molecule has 8 rings (SSSR count). The number of aryl methyl sites for hydroxylation is 2. The molecule has 68 heavy (non-hydrogen) atoms. The Kier molecular flexibility index (Phi) is 14.1. The number of carbonyl (C=O) groups is 5. The van der Waals surface area contributed by atoms with Crippen molar-refractivity contribution in [2.24, 2.45) is 0 Å². The minimum atomic E-state index is -1.34. The fourth-order valence-electron chi connectivity index (χ4n) is 9.15. The molecule has 0 aliphatic carbocycles. The second-order valence-corrected chi connectivity index (χ2v) is 25.8. The summed E-state index contributed by atoms with van der Waals surface area (Å²) in [5.74, 6) is 5.28. The largest absolute Gasteiger partial charge is 0.443 e. The van der Waals surface area contributed by atoms with Crippen LogP contribution in [0.2, 0.25) is 25.7 Å². The van der Waals surface area contributed by atoms with E-state index in [-0.39, 0.29) is 56.5 Å². The van der Waals surface area contributed by atoms with E-state index in [1.54, 1.807) is 39.9 Å². The SMILES string of the molecule is Cc1nn(CCCOCC#Cc2cccc3c2CN(C2CCC(=O)N(COCC[Si](C)(C)C)C2=O)C3=O)c2cc(C(=O)Nc3cc4c(cn3)cc([C@H]3CCCN3C)n4C(=O)OC(C)(C)C)ccc12. The van der Waals surface area contributed by atoms with Crippen molar-refractivity contribution in [1.29, 1.82) is 0 Å². The van der Waals surface area contributed by atoms with Crippen LogP contribution in [0.15, 0.2) is 54.7 Å². The van der Waals surface area contributed by atoms with Gasteiger partial charge in [0.2, 0.25) is 5.91 Å². The molecule has 2 fully saturated rings. The van der Waals surface area contributed by atoms with Crippen LogP contribution in [0.3, 0.4) is 0 Å². The molecule has 17 heteroatoms. The van der Waals surface area contributed by atoms with Crippen molar-refractivity contribution in [3.05, 3.63) is 88.4 Å². The Morgan fingerprint density at radius 2 is 1.78 bits per heavy atom. The van der Waals surface area contributed by atoms with Gasteiger partial charge in [0, 0.05) is 86.2 Å². The number of imide groups is 1. The van der Waals surface area contributed by atoms with Crippen molar-refractivity contribution in [2.75, 3.05) is 45.5 Å². The van der Waals surface area contributed by atoms with Gasteiger partial charge < -0.3 is 24.4 Å². The summed E-state index contributed by atoms with van der Waals surface area (Å²) < 4.78 is 21.0. The fourth-order valence-corrected chi connectivity index (χ4v) is 9.90. The smallest absolute Gasteiger partial charge is 0.419 e. The minimum Gasteiger partial charge on any atom is -0.443 e. The number of pyridine rings is 1. The highest BCUT2D eigenvalue weighted by molar-refractivity contribution is 6.76. The fraction of sp³-hybridized carbons (Fsp3) is 0.471. The second-order valence-electron chi connectivity index (χ2n) is 20.2. The standard InChI is InChI=1S/C51H62N8O8Si/c1-33-37-18-17-35(47(61)53-45-29-42-36(30-52-45)28-44(40-16-10-21-55(40)5)59(42)50(64)67-51(2,3)4)27-43(37)58(54-33)22-12-24-65-23-11-14-34-13-9-15-38-39(34)31-56(48(38)62)41-19-20-46(60)57(49(41)63)32-66-25-26-68(6,7)8/h9,13,15,17-18,27-30,40-41H,10,12,16,19-26,31-32H2,1-8H3,(H,52,53,61)/t40-,41?/m1/s1. The maximum atomic E-state index is 13.7. The first-order chi connectivity index (χ1) is 32.4. The number of nitrogens with one attached hydrogen (secondary N) is 1. The zero-order chi connectivity index (χ0) is 48.5. The van der Waals surface area contributed by atoms with E-state index < -0.39 is 31.7 Å². The molecule has 1 N–H and O–H groups in total. The third-order valence-corrected chi connectivity index (χ3v) is 14.4. The van der Waals surface area contributed by atoms with Gasteiger partial charge in [-0.05, 0) is 109 Å². The Bertz CT molecular complexity index is 2850. The maximum Gasteiger partial charge on any atom is 0.419 e. The van der Waals surface area contributed by atoms with E-state index in [2.05, 4.69) is 53.7 Å². The highest BCUT2D eigenvalue weighted by Gasteiger charge is 2.43. The molecule has 0 radical (unpaired) electrons. The van der Waals surface area contributed by atoms with E-state index in [4.69, 9.17) is 19.3 Å². The third kappa shape index (κ3) is 10.6. The number of piperidine rings is 1. The van der Waals surface area contributed by atoms with Crippen molar-refractivity contribution >= 4 is 65.4 Å². The number of ether oxygens (including phenoxy) is 3. The van der Waals surface area contributed by atoms with Gasteiger partial charge in [-0.2, -0.15) is 5.10 Å². The molecular weight excluding hydrogens is 881 g/mol. The van der Waals surface area contributed by atoms with Crippen LogP contribution in [0.1, 0.15) is 102 Å². The van der Waals surface area contributed by atoms with Gasteiger partial charge in [0.25, 0.3) is 17.7 Å². The molecule has 16 nitrogen and oxygen atoms in total. The number of rotatable bonds is 14. The normalized spacial score (nSPS) is 17.9. The summed E-state index contributed by atoms with van der Waals surface area (Å²) in [5, 5.41) is 9.40. The summed E-state index contributed by atoms with van der Waals surface area (Å²) >= 11 is 0. The molecule has 2 atom stereocenters. The van der Waals surface area contributed by atoms with E-state index >= 15 is 0 Å². The van der Waals surface area contributed by atoms with Crippen molar-refractivity contribution in [2.45, 2.75) is 116 Å². The van der Waals surface area contributed by atoms with Crippen molar-refractivity contribution in [3.8, 4) is 11.8 Å². The lowest BCUT2D eigenvalue weighted by atomic mass is 10.0. The molecule has 5 aromatic rings. The number of anilines is 1. The monoisotopic (exact) mass is 942 g/mol. The number of likely N-dealkylation sites (tertiary alicyclic amines) is 2. The maximum absolute atomic E-state index is 13.7. The molecule has 2 saturated heterocycles. The Labute approximate surface area is 398 Å². The molecule has 3 aromatic heterocycles. The summed E-state index contributed by atoms with van der Waals surface area (Å²) in [6.45, 7) is 16.8. The first kappa shape index (κ1) is 48.3. The Morgan fingerprint density at radius 3 is 2.53 bits per heavy atom. The average molecular weight is 943 g/mol. The van der Waals surface area contributed by atoms with Crippen molar-refractivity contribution in [1.82, 2.24) is 34.0 Å². The van der Waals surface area contributed by atoms with E-state index in [0.717, 1.165) is 63.6 Å². The molecule has 0 spiro atoms. The summed E-state index contributed by atoms with van der Waals surface area (Å²) in [6, 6.07) is 14.8. The van der Waals surface area contributed by atoms with Gasteiger partial charge in [0.15, 0.2) is 0 Å². The quantitative estimate of drug-likeness (QED) is 0.0500. The topological polar surface area (TPSA) is 170 Å². The van der Waals surface area contributed by atoms with Crippen molar-refractivity contribution in [3.63, 3.8) is 0 Å². The first-order valence-electron chi connectivity index (χ1n) is 23.5.